The van der Waals surface area contributed by atoms with Gasteiger partial charge in [-0.05, 0) is 64.2 Å². The first-order valence-corrected chi connectivity index (χ1v) is 24.6. The van der Waals surface area contributed by atoms with E-state index >= 15 is 0 Å². The van der Waals surface area contributed by atoms with Crippen molar-refractivity contribution >= 4 is 22.1 Å². The van der Waals surface area contributed by atoms with Gasteiger partial charge in [-0.3, -0.25) is 14.1 Å². The van der Waals surface area contributed by atoms with Gasteiger partial charge in [0.05, 0.1) is 6.61 Å². The van der Waals surface area contributed by atoms with Gasteiger partial charge in [0.25, 0.3) is 10.1 Å². The van der Waals surface area contributed by atoms with Crippen LogP contribution in [0.15, 0.2) is 109 Å². The molecule has 0 spiro atoms. The van der Waals surface area contributed by atoms with Gasteiger partial charge in [-0.2, -0.15) is 8.42 Å². The zero-order valence-electron chi connectivity index (χ0n) is 37.9. The van der Waals surface area contributed by atoms with Crippen molar-refractivity contribution in [2.75, 3.05) is 19.0 Å². The summed E-state index contributed by atoms with van der Waals surface area (Å²) in [6.45, 7) is 3.42. The van der Waals surface area contributed by atoms with Crippen LogP contribution in [0, 0.1) is 0 Å². The van der Waals surface area contributed by atoms with Crippen LogP contribution in [0.5, 0.6) is 0 Å². The molecule has 1 fully saturated rings. The lowest BCUT2D eigenvalue weighted by Gasteiger charge is -2.40. The summed E-state index contributed by atoms with van der Waals surface area (Å²) in [7, 11) is -4.62. The van der Waals surface area contributed by atoms with Gasteiger partial charge in [0.2, 0.25) is 0 Å². The van der Waals surface area contributed by atoms with Gasteiger partial charge in [0.15, 0.2) is 12.4 Å². The third kappa shape index (κ3) is 33.5. The SMILES string of the molecule is CC/C=C/C=C/C=C/C=C/C=C/CCCC(=O)OC(COC(=O)CCCCCCCCCCC/C=C/C/C=C/C/C=C/C/C=C/CC)CO[C@H]1O[C@H](CS(=O)(=O)O)[C@@H](O)C(O)C1O. The van der Waals surface area contributed by atoms with Crippen LogP contribution in [-0.2, 0) is 38.7 Å². The normalized spacial score (nSPS) is 20.8. The summed E-state index contributed by atoms with van der Waals surface area (Å²) in [4.78, 5) is 25.4. The van der Waals surface area contributed by atoms with Crippen LogP contribution < -0.4 is 0 Å². The van der Waals surface area contributed by atoms with E-state index in [1.165, 1.54) is 25.7 Å². The highest BCUT2D eigenvalue weighted by atomic mass is 32.2. The van der Waals surface area contributed by atoms with Crippen molar-refractivity contribution < 1.29 is 56.8 Å². The zero-order chi connectivity index (χ0) is 46.2. The fraction of sp³-hybridized carbons (Fsp3) is 0.600. The van der Waals surface area contributed by atoms with E-state index in [9.17, 15) is 37.9 Å². The third-order valence-electron chi connectivity index (χ3n) is 9.73. The summed E-state index contributed by atoms with van der Waals surface area (Å²) in [6.07, 6.45) is 44.3. The summed E-state index contributed by atoms with van der Waals surface area (Å²) >= 11 is 0. The molecule has 0 saturated carbocycles. The summed E-state index contributed by atoms with van der Waals surface area (Å²) < 4.78 is 54.0. The minimum atomic E-state index is -4.62. The predicted molar refractivity (Wildman–Crippen MR) is 251 cm³/mol. The first-order valence-electron chi connectivity index (χ1n) is 23.0. The van der Waals surface area contributed by atoms with E-state index in [0.29, 0.717) is 19.3 Å². The van der Waals surface area contributed by atoms with E-state index in [1.807, 2.05) is 54.7 Å². The maximum absolute atomic E-state index is 12.8. The molecule has 3 unspecified atom stereocenters. The van der Waals surface area contributed by atoms with Crippen LogP contribution in [0.2, 0.25) is 0 Å². The summed E-state index contributed by atoms with van der Waals surface area (Å²) in [5, 5.41) is 30.9. The second-order valence-electron chi connectivity index (χ2n) is 15.4. The largest absolute Gasteiger partial charge is 0.462 e. The van der Waals surface area contributed by atoms with E-state index in [2.05, 4.69) is 68.5 Å². The lowest BCUT2D eigenvalue weighted by atomic mass is 10.00. The molecule has 12 nitrogen and oxygen atoms in total. The molecule has 0 aromatic heterocycles. The molecule has 6 atom stereocenters. The smallest absolute Gasteiger partial charge is 0.306 e. The minimum Gasteiger partial charge on any atom is -0.462 e. The molecule has 1 aliphatic rings. The van der Waals surface area contributed by atoms with Crippen LogP contribution in [0.3, 0.4) is 0 Å². The van der Waals surface area contributed by atoms with Crippen molar-refractivity contribution in [2.24, 2.45) is 0 Å². The van der Waals surface area contributed by atoms with Crippen molar-refractivity contribution in [3.8, 4) is 0 Å². The molecule has 0 aromatic carbocycles. The summed E-state index contributed by atoms with van der Waals surface area (Å²) in [6, 6.07) is 0. The van der Waals surface area contributed by atoms with Crippen LogP contribution >= 0.6 is 0 Å². The lowest BCUT2D eigenvalue weighted by molar-refractivity contribution is -0.297. The number of esters is 2. The second-order valence-corrected chi connectivity index (χ2v) is 16.9. The van der Waals surface area contributed by atoms with Crippen molar-refractivity contribution in [1.29, 1.82) is 0 Å². The number of allylic oxidation sites excluding steroid dienone is 18. The first kappa shape index (κ1) is 57.3. The highest BCUT2D eigenvalue weighted by molar-refractivity contribution is 7.85. The van der Waals surface area contributed by atoms with Crippen LogP contribution in [0.1, 0.15) is 136 Å². The number of hydrogen-bond donors (Lipinski definition) is 4. The Morgan fingerprint density at radius 3 is 1.63 bits per heavy atom. The molecular weight excluding hydrogens is 825 g/mol. The van der Waals surface area contributed by atoms with Crippen LogP contribution in [0.4, 0.5) is 0 Å². The van der Waals surface area contributed by atoms with Gasteiger partial charge in [-0.1, -0.05) is 168 Å². The molecule has 356 valence electrons. The number of unbranched alkanes of at least 4 members (excludes halogenated alkanes) is 10. The fourth-order valence-corrected chi connectivity index (χ4v) is 6.92. The van der Waals surface area contributed by atoms with Crippen LogP contribution in [0.25, 0.3) is 0 Å². The molecule has 4 N–H and O–H groups in total. The Hall–Kier alpha value is -3.69. The molecule has 0 aliphatic carbocycles. The molecule has 1 aliphatic heterocycles. The molecule has 1 rings (SSSR count). The van der Waals surface area contributed by atoms with E-state index in [4.69, 9.17) is 18.9 Å². The number of aliphatic hydroxyl groups is 3. The monoisotopic (exact) mass is 903 g/mol. The Bertz CT molecular complexity index is 1570. The van der Waals surface area contributed by atoms with E-state index in [1.54, 1.807) is 0 Å². The number of aliphatic hydroxyl groups excluding tert-OH is 3. The van der Waals surface area contributed by atoms with Crippen LogP contribution in [-0.4, -0.2) is 96.0 Å². The molecule has 0 bridgehead atoms. The quantitative estimate of drug-likeness (QED) is 0.0154. The average molecular weight is 903 g/mol. The van der Waals surface area contributed by atoms with Gasteiger partial charge < -0.3 is 34.3 Å². The highest BCUT2D eigenvalue weighted by Crippen LogP contribution is 2.24. The van der Waals surface area contributed by atoms with Crippen molar-refractivity contribution in [3.05, 3.63) is 109 Å². The predicted octanol–water partition coefficient (Wildman–Crippen LogP) is 9.61. The maximum Gasteiger partial charge on any atom is 0.306 e. The third-order valence-corrected chi connectivity index (χ3v) is 10.5. The van der Waals surface area contributed by atoms with Gasteiger partial charge in [-0.15, -0.1) is 0 Å². The Morgan fingerprint density at radius 2 is 1.05 bits per heavy atom. The standard InChI is InChI=1S/C50H78O12S/c1-3-5-7-9-11-13-15-17-18-19-20-21-22-23-24-25-27-28-30-32-34-36-38-45(51)59-40-43(41-60-50-49(55)48(54)47(53)44(62-50)42-63(56,57)58)61-46(52)39-37-35-33-31-29-26-16-14-12-10-8-6-4-2/h5-8,10-14,16-18,20-21,26,29,31,33,43-44,47-50,53-55H,3-4,9,15,19,22-25,27-28,30,32,34-42H2,1-2H3,(H,56,57,58)/b7-5+,8-6+,12-10+,13-11+,16-14+,18-17+,21-20+,29-26+,33-31+/t43?,44-,47-,48?,49?,50+/m1/s1. The number of ether oxygens (including phenoxy) is 4. The fourth-order valence-electron chi connectivity index (χ4n) is 6.23. The highest BCUT2D eigenvalue weighted by Gasteiger charge is 2.46. The lowest BCUT2D eigenvalue weighted by Crippen LogP contribution is -2.60. The van der Waals surface area contributed by atoms with Gasteiger partial charge in [-0.25, -0.2) is 0 Å². The maximum atomic E-state index is 12.8. The molecule has 0 aromatic rings. The summed E-state index contributed by atoms with van der Waals surface area (Å²) in [5.41, 5.74) is 0. The Kier molecular flexibility index (Phi) is 35.3. The Balaban J connectivity index is 2.44. The van der Waals surface area contributed by atoms with Gasteiger partial charge >= 0.3 is 11.9 Å². The van der Waals surface area contributed by atoms with Crippen molar-refractivity contribution in [1.82, 2.24) is 0 Å². The van der Waals surface area contributed by atoms with Gasteiger partial charge in [0, 0.05) is 12.8 Å². The Labute approximate surface area is 378 Å². The average Bonchev–Trinajstić information content (AvgIpc) is 3.25. The minimum absolute atomic E-state index is 0.0599. The molecule has 1 heterocycles. The molecule has 1 saturated heterocycles. The van der Waals surface area contributed by atoms with E-state index in [0.717, 1.165) is 64.2 Å². The topological polar surface area (TPSA) is 186 Å². The number of carbonyl (C=O) groups is 2. The van der Waals surface area contributed by atoms with Crippen molar-refractivity contribution in [2.45, 2.75) is 173 Å². The molecule has 0 radical (unpaired) electrons. The zero-order valence-corrected chi connectivity index (χ0v) is 38.7. The van der Waals surface area contributed by atoms with Crippen molar-refractivity contribution in [3.63, 3.8) is 0 Å². The number of hydrogen-bond acceptors (Lipinski definition) is 11. The van der Waals surface area contributed by atoms with Gasteiger partial charge in [0.1, 0.15) is 36.8 Å². The second kappa shape index (κ2) is 38.7. The molecule has 13 heteroatoms. The Morgan fingerprint density at radius 1 is 0.556 bits per heavy atom. The summed E-state index contributed by atoms with van der Waals surface area (Å²) in [5.74, 6) is -2.11. The first-order chi connectivity index (χ1) is 30.5. The number of carbonyl (C=O) groups excluding carboxylic acids is 2. The van der Waals surface area contributed by atoms with E-state index in [-0.39, 0.29) is 19.4 Å². The molecular formula is C50H78O12S. The number of rotatable bonds is 36. The molecule has 63 heavy (non-hydrogen) atoms. The van der Waals surface area contributed by atoms with E-state index < -0.39 is 71.2 Å². The molecule has 0 amide bonds.